The Balaban J connectivity index is 1.81. The van der Waals surface area contributed by atoms with Gasteiger partial charge in [-0.05, 0) is 24.3 Å². The van der Waals surface area contributed by atoms with Crippen molar-refractivity contribution < 1.29 is 38.7 Å². The summed E-state index contributed by atoms with van der Waals surface area (Å²) in [6, 6.07) is 11.5. The van der Waals surface area contributed by atoms with Crippen LogP contribution in [0.15, 0.2) is 57.7 Å². The fourth-order valence-electron chi connectivity index (χ4n) is 4.35. The van der Waals surface area contributed by atoms with E-state index in [0.717, 1.165) is 0 Å². The molecule has 0 radical (unpaired) electrons. The fourth-order valence-corrected chi connectivity index (χ4v) is 4.35. The molecule has 0 spiro atoms. The molecule has 2 heterocycles. The highest BCUT2D eigenvalue weighted by atomic mass is 16.5. The Morgan fingerprint density at radius 1 is 0.886 bits per heavy atom. The maximum Gasteiger partial charge on any atom is 0.312 e. The molecule has 9 nitrogen and oxygen atoms in total. The van der Waals surface area contributed by atoms with Gasteiger partial charge >= 0.3 is 5.97 Å². The Hall–Kier alpha value is -4.66. The van der Waals surface area contributed by atoms with Crippen molar-refractivity contribution in [3.05, 3.63) is 69.9 Å². The number of carbonyl (C=O) groups is 1. The molecule has 4 aromatic rings. The summed E-state index contributed by atoms with van der Waals surface area (Å²) in [4.78, 5) is 25.6. The van der Waals surface area contributed by atoms with Crippen LogP contribution in [-0.2, 0) is 4.79 Å². The zero-order valence-electron chi connectivity index (χ0n) is 18.7. The number of ether oxygens (including phenoxy) is 3. The number of benzene rings is 3. The highest BCUT2D eigenvalue weighted by molar-refractivity contribution is 5.93. The third-order valence-corrected chi connectivity index (χ3v) is 6.00. The number of hydrogen-bond acceptors (Lipinski definition) is 9. The first-order valence-electron chi connectivity index (χ1n) is 10.6. The maximum absolute atomic E-state index is 13.1. The SMILES string of the molecule is COc1ccc(C2CC(=O)Oc3cc(O)c4c(=O)cc(-c5ccc(O)c(O)c5)oc4c32)c(OC)c1. The second-order valence-electron chi connectivity index (χ2n) is 8.03. The van der Waals surface area contributed by atoms with Crippen LogP contribution in [0.5, 0.6) is 34.5 Å². The van der Waals surface area contributed by atoms with Gasteiger partial charge in [-0.15, -0.1) is 0 Å². The van der Waals surface area contributed by atoms with Crippen molar-refractivity contribution in [2.24, 2.45) is 0 Å². The molecule has 0 bridgehead atoms. The molecule has 0 saturated carbocycles. The van der Waals surface area contributed by atoms with Gasteiger partial charge in [0.15, 0.2) is 16.9 Å². The molecule has 1 aromatic heterocycles. The summed E-state index contributed by atoms with van der Waals surface area (Å²) < 4.78 is 22.3. The minimum atomic E-state index is -0.623. The van der Waals surface area contributed by atoms with Crippen molar-refractivity contribution in [3.8, 4) is 45.8 Å². The Bertz CT molecular complexity index is 1550. The van der Waals surface area contributed by atoms with Crippen molar-refractivity contribution in [3.63, 3.8) is 0 Å². The Labute approximate surface area is 198 Å². The van der Waals surface area contributed by atoms with Crippen LogP contribution in [-0.4, -0.2) is 35.5 Å². The van der Waals surface area contributed by atoms with Gasteiger partial charge in [-0.2, -0.15) is 0 Å². The zero-order chi connectivity index (χ0) is 24.9. The number of phenolic OH excluding ortho intramolecular Hbond substituents is 3. The summed E-state index contributed by atoms with van der Waals surface area (Å²) in [5.74, 6) is -1.11. The fraction of sp³-hybridized carbons (Fsp3) is 0.154. The number of rotatable bonds is 4. The third kappa shape index (κ3) is 3.67. The molecule has 3 aromatic carbocycles. The summed E-state index contributed by atoms with van der Waals surface area (Å²) in [6.45, 7) is 0. The highest BCUT2D eigenvalue weighted by Gasteiger charge is 2.35. The molecule has 9 heteroatoms. The molecule has 5 rings (SSSR count). The van der Waals surface area contributed by atoms with E-state index in [1.54, 1.807) is 18.2 Å². The molecular formula is C26H20O9. The minimum Gasteiger partial charge on any atom is -0.507 e. The van der Waals surface area contributed by atoms with Crippen molar-refractivity contribution in [1.82, 2.24) is 0 Å². The molecule has 0 aliphatic carbocycles. The van der Waals surface area contributed by atoms with Crippen LogP contribution in [0.4, 0.5) is 0 Å². The van der Waals surface area contributed by atoms with E-state index >= 15 is 0 Å². The molecular weight excluding hydrogens is 456 g/mol. The number of carbonyl (C=O) groups excluding carboxylic acids is 1. The Morgan fingerprint density at radius 2 is 1.69 bits per heavy atom. The van der Waals surface area contributed by atoms with E-state index in [1.165, 1.54) is 44.6 Å². The summed E-state index contributed by atoms with van der Waals surface area (Å²) in [5, 5.41) is 30.1. The number of aromatic hydroxyl groups is 3. The highest BCUT2D eigenvalue weighted by Crippen LogP contribution is 2.48. The van der Waals surface area contributed by atoms with Crippen molar-refractivity contribution >= 4 is 16.9 Å². The monoisotopic (exact) mass is 476 g/mol. The smallest absolute Gasteiger partial charge is 0.312 e. The maximum atomic E-state index is 13.1. The van der Waals surface area contributed by atoms with E-state index in [4.69, 9.17) is 18.6 Å². The van der Waals surface area contributed by atoms with Gasteiger partial charge < -0.3 is 33.9 Å². The zero-order valence-corrected chi connectivity index (χ0v) is 18.7. The van der Waals surface area contributed by atoms with Crippen LogP contribution in [0.25, 0.3) is 22.3 Å². The molecule has 0 amide bonds. The van der Waals surface area contributed by atoms with Gasteiger partial charge in [-0.1, -0.05) is 6.07 Å². The van der Waals surface area contributed by atoms with Gasteiger partial charge in [-0.25, -0.2) is 0 Å². The molecule has 1 unspecified atom stereocenters. The normalized spacial score (nSPS) is 14.9. The van der Waals surface area contributed by atoms with Crippen molar-refractivity contribution in [2.75, 3.05) is 14.2 Å². The number of methoxy groups -OCH3 is 2. The molecule has 0 fully saturated rings. The van der Waals surface area contributed by atoms with Crippen molar-refractivity contribution in [1.29, 1.82) is 0 Å². The third-order valence-electron chi connectivity index (χ3n) is 6.00. The first kappa shape index (κ1) is 22.1. The lowest BCUT2D eigenvalue weighted by molar-refractivity contribution is -0.135. The van der Waals surface area contributed by atoms with E-state index in [-0.39, 0.29) is 34.6 Å². The summed E-state index contributed by atoms with van der Waals surface area (Å²) in [7, 11) is 3.01. The number of esters is 1. The van der Waals surface area contributed by atoms with Gasteiger partial charge in [-0.3, -0.25) is 9.59 Å². The number of fused-ring (bicyclic) bond motifs is 3. The van der Waals surface area contributed by atoms with Crippen LogP contribution >= 0.6 is 0 Å². The van der Waals surface area contributed by atoms with Crippen LogP contribution < -0.4 is 19.6 Å². The van der Waals surface area contributed by atoms with Crippen LogP contribution in [0.1, 0.15) is 23.5 Å². The standard InChI is InChI=1S/C26H20O9/c1-32-13-4-5-14(21(8-13)33-2)15-9-23(31)34-22-11-19(30)25-18(29)10-20(35-26(25)24(15)22)12-3-6-16(27)17(28)7-12/h3-8,10-11,15,27-28,30H,9H2,1-2H3. The average Bonchev–Trinajstić information content (AvgIpc) is 2.84. The number of hydrogen-bond donors (Lipinski definition) is 3. The summed E-state index contributed by atoms with van der Waals surface area (Å²) in [5.41, 5.74) is 0.844. The molecule has 35 heavy (non-hydrogen) atoms. The second kappa shape index (κ2) is 8.28. The number of phenols is 3. The van der Waals surface area contributed by atoms with E-state index in [0.29, 0.717) is 28.2 Å². The molecule has 3 N–H and O–H groups in total. The lowest BCUT2D eigenvalue weighted by Gasteiger charge is -2.27. The predicted octanol–water partition coefficient (Wildman–Crippen LogP) is 4.04. The van der Waals surface area contributed by atoms with Crippen LogP contribution in [0.2, 0.25) is 0 Å². The van der Waals surface area contributed by atoms with E-state index in [1.807, 2.05) is 0 Å². The van der Waals surface area contributed by atoms with Crippen molar-refractivity contribution in [2.45, 2.75) is 12.3 Å². The van der Waals surface area contributed by atoms with Gasteiger partial charge in [0.05, 0.1) is 20.6 Å². The van der Waals surface area contributed by atoms with Gasteiger partial charge in [0.2, 0.25) is 0 Å². The Kier molecular flexibility index (Phi) is 5.24. The molecule has 0 saturated heterocycles. The van der Waals surface area contributed by atoms with E-state index < -0.39 is 28.8 Å². The van der Waals surface area contributed by atoms with Gasteiger partial charge in [0.25, 0.3) is 0 Å². The topological polar surface area (TPSA) is 136 Å². The molecule has 1 atom stereocenters. The first-order chi connectivity index (χ1) is 16.8. The van der Waals surface area contributed by atoms with Crippen LogP contribution in [0.3, 0.4) is 0 Å². The van der Waals surface area contributed by atoms with Gasteiger partial charge in [0.1, 0.15) is 39.7 Å². The largest absolute Gasteiger partial charge is 0.507 e. The van der Waals surface area contributed by atoms with Gasteiger partial charge in [0, 0.05) is 40.8 Å². The Morgan fingerprint density at radius 3 is 2.40 bits per heavy atom. The second-order valence-corrected chi connectivity index (χ2v) is 8.03. The first-order valence-corrected chi connectivity index (χ1v) is 10.6. The molecule has 178 valence electrons. The minimum absolute atomic E-state index is 0.0328. The van der Waals surface area contributed by atoms with Crippen LogP contribution in [0, 0.1) is 0 Å². The quantitative estimate of drug-likeness (QED) is 0.226. The van der Waals surface area contributed by atoms with E-state index in [9.17, 15) is 24.9 Å². The lowest BCUT2D eigenvalue weighted by Crippen LogP contribution is -2.22. The predicted molar refractivity (Wildman–Crippen MR) is 125 cm³/mol. The lowest BCUT2D eigenvalue weighted by atomic mass is 9.84. The molecule has 1 aliphatic rings. The summed E-state index contributed by atoms with van der Waals surface area (Å²) >= 11 is 0. The van der Waals surface area contributed by atoms with E-state index in [2.05, 4.69) is 0 Å². The molecule has 1 aliphatic heterocycles. The average molecular weight is 476 g/mol. The summed E-state index contributed by atoms with van der Waals surface area (Å²) in [6.07, 6.45) is -0.0660.